The van der Waals surface area contributed by atoms with Crippen LogP contribution in [0.5, 0.6) is 11.6 Å². The van der Waals surface area contributed by atoms with E-state index in [1.807, 2.05) is 24.3 Å². The number of fused-ring (bicyclic) bond motifs is 1. The maximum atomic E-state index is 9.07. The third-order valence-electron chi connectivity index (χ3n) is 2.82. The van der Waals surface area contributed by atoms with Gasteiger partial charge in [0, 0.05) is 10.8 Å². The van der Waals surface area contributed by atoms with Crippen LogP contribution in [0.15, 0.2) is 48.5 Å². The number of nitrogens with zero attached hydrogens (tertiary/aromatic N) is 3. The number of ether oxygens (including phenoxy) is 1. The highest BCUT2D eigenvalue weighted by Gasteiger charge is 2.11. The van der Waals surface area contributed by atoms with Crippen molar-refractivity contribution in [3.63, 3.8) is 0 Å². The van der Waals surface area contributed by atoms with Gasteiger partial charge in [0.05, 0.1) is 5.56 Å². The molecule has 0 bridgehead atoms. The van der Waals surface area contributed by atoms with E-state index in [0.29, 0.717) is 22.3 Å². The zero-order valence-electron chi connectivity index (χ0n) is 10.2. The molecule has 96 valence electrons. The topological polar surface area (TPSA) is 58.8 Å². The molecule has 1 heterocycles. The monoisotopic (exact) mass is 281 g/mol. The summed E-state index contributed by atoms with van der Waals surface area (Å²) in [6, 6.07) is 16.5. The van der Waals surface area contributed by atoms with Gasteiger partial charge in [-0.2, -0.15) is 5.26 Å². The number of aromatic nitrogens is 2. The number of rotatable bonds is 2. The second-order valence-corrected chi connectivity index (χ2v) is 4.41. The van der Waals surface area contributed by atoms with Crippen LogP contribution in [0, 0.1) is 11.3 Å². The molecule has 0 unspecified atom stereocenters. The summed E-state index contributed by atoms with van der Waals surface area (Å²) in [5.74, 6) is 0.768. The maximum Gasteiger partial charge on any atom is 0.246 e. The van der Waals surface area contributed by atoms with Crippen molar-refractivity contribution in [2.45, 2.75) is 0 Å². The molecule has 0 saturated carbocycles. The summed E-state index contributed by atoms with van der Waals surface area (Å²) in [6.07, 6.45) is 0. The van der Waals surface area contributed by atoms with Gasteiger partial charge >= 0.3 is 0 Å². The van der Waals surface area contributed by atoms with Crippen molar-refractivity contribution in [3.8, 4) is 17.7 Å². The highest BCUT2D eigenvalue weighted by molar-refractivity contribution is 6.34. The quantitative estimate of drug-likeness (QED) is 0.714. The molecule has 1 aromatic heterocycles. The molecule has 2 aromatic carbocycles. The molecule has 0 spiro atoms. The van der Waals surface area contributed by atoms with E-state index in [-0.39, 0.29) is 0 Å². The van der Waals surface area contributed by atoms with Gasteiger partial charge < -0.3 is 4.74 Å². The van der Waals surface area contributed by atoms with Crippen molar-refractivity contribution in [3.05, 3.63) is 59.2 Å². The third kappa shape index (κ3) is 2.15. The Morgan fingerprint density at radius 2 is 1.65 bits per heavy atom. The molecule has 3 rings (SSSR count). The van der Waals surface area contributed by atoms with Gasteiger partial charge in [0.25, 0.3) is 0 Å². The van der Waals surface area contributed by atoms with Gasteiger partial charge in [0.15, 0.2) is 5.15 Å². The van der Waals surface area contributed by atoms with E-state index in [9.17, 15) is 0 Å². The fourth-order valence-corrected chi connectivity index (χ4v) is 2.08. The second kappa shape index (κ2) is 5.16. The Balaban J connectivity index is 2.12. The fourth-order valence-electron chi connectivity index (χ4n) is 1.87. The number of hydrogen-bond acceptors (Lipinski definition) is 4. The second-order valence-electron chi connectivity index (χ2n) is 4.05. The lowest BCUT2D eigenvalue weighted by atomic mass is 10.2. The summed E-state index contributed by atoms with van der Waals surface area (Å²) in [6.45, 7) is 0. The van der Waals surface area contributed by atoms with Crippen molar-refractivity contribution in [2.24, 2.45) is 0 Å². The molecular formula is C15H8ClN3O. The highest BCUT2D eigenvalue weighted by atomic mass is 35.5. The van der Waals surface area contributed by atoms with Crippen LogP contribution >= 0.6 is 11.6 Å². The molecular weight excluding hydrogens is 274 g/mol. The molecule has 0 saturated heterocycles. The SMILES string of the molecule is N#Cc1ccccc1Oc1nnc(Cl)c2ccccc12. The lowest BCUT2D eigenvalue weighted by molar-refractivity contribution is 0.460. The standard InChI is InChI=1S/C15H8ClN3O/c16-14-11-6-2-3-7-12(11)15(19-18-14)20-13-8-4-1-5-10(13)9-17/h1-8H. The molecule has 20 heavy (non-hydrogen) atoms. The average molecular weight is 282 g/mol. The van der Waals surface area contributed by atoms with E-state index in [1.165, 1.54) is 0 Å². The Bertz CT molecular complexity index is 827. The molecule has 3 aromatic rings. The number of halogens is 1. The summed E-state index contributed by atoms with van der Waals surface area (Å²) < 4.78 is 5.71. The molecule has 0 aliphatic rings. The van der Waals surface area contributed by atoms with E-state index in [2.05, 4.69) is 16.3 Å². The van der Waals surface area contributed by atoms with Crippen molar-refractivity contribution in [1.29, 1.82) is 5.26 Å². The molecule has 0 fully saturated rings. The first kappa shape index (κ1) is 12.4. The number of benzene rings is 2. The van der Waals surface area contributed by atoms with Crippen LogP contribution in [-0.4, -0.2) is 10.2 Å². The van der Waals surface area contributed by atoms with Crippen molar-refractivity contribution < 1.29 is 4.74 Å². The van der Waals surface area contributed by atoms with Crippen molar-refractivity contribution in [2.75, 3.05) is 0 Å². The zero-order chi connectivity index (χ0) is 13.9. The van der Waals surface area contributed by atoms with Crippen LogP contribution < -0.4 is 4.74 Å². The van der Waals surface area contributed by atoms with Gasteiger partial charge in [-0.1, -0.05) is 41.9 Å². The normalized spacial score (nSPS) is 10.2. The molecule has 0 atom stereocenters. The minimum absolute atomic E-state index is 0.321. The first-order valence-electron chi connectivity index (χ1n) is 5.87. The Hall–Kier alpha value is -2.64. The zero-order valence-corrected chi connectivity index (χ0v) is 11.0. The summed E-state index contributed by atoms with van der Waals surface area (Å²) in [5, 5.41) is 18.7. The summed E-state index contributed by atoms with van der Waals surface area (Å²) in [5.41, 5.74) is 0.438. The van der Waals surface area contributed by atoms with Gasteiger partial charge in [-0.05, 0) is 18.2 Å². The Morgan fingerprint density at radius 3 is 2.45 bits per heavy atom. The molecule has 0 aliphatic heterocycles. The first-order chi connectivity index (χ1) is 9.79. The van der Waals surface area contributed by atoms with Gasteiger partial charge in [0.1, 0.15) is 11.8 Å². The Labute approximate surface area is 120 Å². The van der Waals surface area contributed by atoms with Crippen LogP contribution in [0.2, 0.25) is 5.15 Å². The van der Waals surface area contributed by atoms with Crippen molar-refractivity contribution >= 4 is 22.4 Å². The number of hydrogen-bond donors (Lipinski definition) is 0. The van der Waals surface area contributed by atoms with Gasteiger partial charge in [0.2, 0.25) is 5.88 Å². The van der Waals surface area contributed by atoms with E-state index in [4.69, 9.17) is 21.6 Å². The summed E-state index contributed by atoms with van der Waals surface area (Å²) >= 11 is 6.01. The van der Waals surface area contributed by atoms with Crippen LogP contribution in [0.4, 0.5) is 0 Å². The average Bonchev–Trinajstić information content (AvgIpc) is 2.51. The van der Waals surface area contributed by atoms with Crippen LogP contribution in [0.25, 0.3) is 10.8 Å². The van der Waals surface area contributed by atoms with Crippen molar-refractivity contribution in [1.82, 2.24) is 10.2 Å². The fraction of sp³-hybridized carbons (Fsp3) is 0. The molecule has 0 amide bonds. The minimum Gasteiger partial charge on any atom is -0.436 e. The predicted octanol–water partition coefficient (Wildman–Crippen LogP) is 3.95. The van der Waals surface area contributed by atoms with Crippen LogP contribution in [0.3, 0.4) is 0 Å². The Morgan fingerprint density at radius 1 is 0.950 bits per heavy atom. The Kier molecular flexibility index (Phi) is 3.20. The third-order valence-corrected chi connectivity index (χ3v) is 3.10. The van der Waals surface area contributed by atoms with E-state index >= 15 is 0 Å². The van der Waals surface area contributed by atoms with E-state index in [1.54, 1.807) is 24.3 Å². The molecule has 0 radical (unpaired) electrons. The van der Waals surface area contributed by atoms with Crippen LogP contribution in [0.1, 0.15) is 5.56 Å². The molecule has 0 N–H and O–H groups in total. The molecule has 5 heteroatoms. The first-order valence-corrected chi connectivity index (χ1v) is 6.25. The van der Waals surface area contributed by atoms with Gasteiger partial charge in [-0.3, -0.25) is 0 Å². The van der Waals surface area contributed by atoms with E-state index < -0.39 is 0 Å². The van der Waals surface area contributed by atoms with Gasteiger partial charge in [-0.25, -0.2) is 0 Å². The summed E-state index contributed by atoms with van der Waals surface area (Å²) in [4.78, 5) is 0. The highest BCUT2D eigenvalue weighted by Crippen LogP contribution is 2.31. The largest absolute Gasteiger partial charge is 0.436 e. The maximum absolute atomic E-state index is 9.07. The number of para-hydroxylation sites is 1. The smallest absolute Gasteiger partial charge is 0.246 e. The lowest BCUT2D eigenvalue weighted by Gasteiger charge is -2.08. The molecule has 0 aliphatic carbocycles. The predicted molar refractivity (Wildman–Crippen MR) is 75.8 cm³/mol. The van der Waals surface area contributed by atoms with E-state index in [0.717, 1.165) is 10.8 Å². The lowest BCUT2D eigenvalue weighted by Crippen LogP contribution is -1.94. The van der Waals surface area contributed by atoms with Gasteiger partial charge in [-0.15, -0.1) is 10.2 Å². The minimum atomic E-state index is 0.321. The van der Waals surface area contributed by atoms with Crippen LogP contribution in [-0.2, 0) is 0 Å². The molecule has 4 nitrogen and oxygen atoms in total. The number of nitriles is 1. The summed E-state index contributed by atoms with van der Waals surface area (Å²) in [7, 11) is 0.